The van der Waals surface area contributed by atoms with Gasteiger partial charge in [0.15, 0.2) is 0 Å². The van der Waals surface area contributed by atoms with Crippen molar-refractivity contribution in [1.29, 1.82) is 0 Å². The van der Waals surface area contributed by atoms with Crippen LogP contribution < -0.4 is 10.9 Å². The lowest BCUT2D eigenvalue weighted by molar-refractivity contribution is -0.120. The molecule has 4 heteroatoms. The fourth-order valence-corrected chi connectivity index (χ4v) is 1.71. The van der Waals surface area contributed by atoms with Gasteiger partial charge in [-0.3, -0.25) is 9.59 Å². The fraction of sp³-hybridized carbons (Fsp3) is 0.143. The normalized spacial score (nSPS) is 9.94. The molecule has 2 aromatic rings. The van der Waals surface area contributed by atoms with Gasteiger partial charge in [0, 0.05) is 11.1 Å². The van der Waals surface area contributed by atoms with E-state index in [0.29, 0.717) is 5.56 Å². The summed E-state index contributed by atoms with van der Waals surface area (Å²) in [5.41, 5.74) is 0.947. The number of aromatic nitrogens is 1. The molecule has 1 aromatic carbocycles. The second kappa shape index (κ2) is 5.19. The number of amides is 1. The van der Waals surface area contributed by atoms with Crippen molar-refractivity contribution >= 4 is 16.8 Å². The molecule has 1 heterocycles. The van der Waals surface area contributed by atoms with Crippen LogP contribution in [0, 0.1) is 12.3 Å². The topological polar surface area (TPSA) is 62.0 Å². The molecule has 0 saturated heterocycles. The molecule has 0 aliphatic carbocycles. The number of hydrogen-bond donors (Lipinski definition) is 2. The van der Waals surface area contributed by atoms with Gasteiger partial charge in [-0.05, 0) is 17.5 Å². The van der Waals surface area contributed by atoms with Gasteiger partial charge in [0.25, 0.3) is 5.56 Å². The molecule has 0 radical (unpaired) electrons. The highest BCUT2D eigenvalue weighted by Gasteiger charge is 2.07. The molecular formula is C14H12N2O2. The van der Waals surface area contributed by atoms with Crippen LogP contribution in [0.15, 0.2) is 35.1 Å². The first kappa shape index (κ1) is 11.9. The molecule has 0 spiro atoms. The standard InChI is InChI=1S/C14H12N2O2/c1-2-7-15-13(17)9-11-8-10-5-3-4-6-12(10)16-14(11)18/h1,3-6,8H,7,9H2,(H,15,17)(H,16,18). The van der Waals surface area contributed by atoms with Crippen molar-refractivity contribution in [3.8, 4) is 12.3 Å². The van der Waals surface area contributed by atoms with Crippen LogP contribution in [0.25, 0.3) is 10.9 Å². The average molecular weight is 240 g/mol. The van der Waals surface area contributed by atoms with Crippen molar-refractivity contribution in [2.24, 2.45) is 0 Å². The summed E-state index contributed by atoms with van der Waals surface area (Å²) in [5.74, 6) is 2.05. The molecule has 0 fully saturated rings. The molecule has 18 heavy (non-hydrogen) atoms. The second-order valence-corrected chi connectivity index (χ2v) is 3.87. The monoisotopic (exact) mass is 240 g/mol. The van der Waals surface area contributed by atoms with Crippen molar-refractivity contribution in [3.63, 3.8) is 0 Å². The summed E-state index contributed by atoms with van der Waals surface area (Å²) in [4.78, 5) is 26.0. The van der Waals surface area contributed by atoms with Crippen LogP contribution >= 0.6 is 0 Å². The van der Waals surface area contributed by atoms with Crippen LogP contribution in [0.2, 0.25) is 0 Å². The van der Waals surface area contributed by atoms with E-state index in [1.54, 1.807) is 6.07 Å². The lowest BCUT2D eigenvalue weighted by Crippen LogP contribution is -2.28. The molecule has 90 valence electrons. The van der Waals surface area contributed by atoms with Crippen LogP contribution in [-0.4, -0.2) is 17.4 Å². The van der Waals surface area contributed by atoms with Gasteiger partial charge < -0.3 is 10.3 Å². The third-order valence-electron chi connectivity index (χ3n) is 2.57. The van der Waals surface area contributed by atoms with Crippen LogP contribution in [0.4, 0.5) is 0 Å². The van der Waals surface area contributed by atoms with E-state index in [-0.39, 0.29) is 24.4 Å². The highest BCUT2D eigenvalue weighted by atomic mass is 16.2. The van der Waals surface area contributed by atoms with E-state index < -0.39 is 0 Å². The summed E-state index contributed by atoms with van der Waals surface area (Å²) in [5, 5.41) is 3.43. The Labute approximate surface area is 104 Å². The number of H-pyrrole nitrogens is 1. The number of fused-ring (bicyclic) bond motifs is 1. The third kappa shape index (κ3) is 2.58. The molecule has 0 unspecified atom stereocenters. The number of para-hydroxylation sites is 1. The lowest BCUT2D eigenvalue weighted by atomic mass is 10.1. The quantitative estimate of drug-likeness (QED) is 0.780. The zero-order valence-electron chi connectivity index (χ0n) is 9.69. The van der Waals surface area contributed by atoms with Crippen molar-refractivity contribution in [3.05, 3.63) is 46.2 Å². The Hall–Kier alpha value is -2.54. The van der Waals surface area contributed by atoms with Crippen molar-refractivity contribution in [2.75, 3.05) is 6.54 Å². The van der Waals surface area contributed by atoms with Crippen molar-refractivity contribution in [2.45, 2.75) is 6.42 Å². The van der Waals surface area contributed by atoms with Gasteiger partial charge in [-0.15, -0.1) is 6.42 Å². The molecule has 4 nitrogen and oxygen atoms in total. The predicted molar refractivity (Wildman–Crippen MR) is 70.1 cm³/mol. The van der Waals surface area contributed by atoms with Gasteiger partial charge in [-0.1, -0.05) is 24.1 Å². The smallest absolute Gasteiger partial charge is 0.252 e. The summed E-state index contributed by atoms with van der Waals surface area (Å²) in [6.45, 7) is 0.171. The number of carbonyl (C=O) groups is 1. The number of carbonyl (C=O) groups excluding carboxylic acids is 1. The molecule has 0 saturated carbocycles. The molecule has 0 aliphatic heterocycles. The maximum atomic E-state index is 11.8. The summed E-state index contributed by atoms with van der Waals surface area (Å²) >= 11 is 0. The van der Waals surface area contributed by atoms with E-state index in [0.717, 1.165) is 10.9 Å². The van der Waals surface area contributed by atoms with Crippen molar-refractivity contribution in [1.82, 2.24) is 10.3 Å². The number of rotatable bonds is 3. The molecule has 0 aliphatic rings. The number of pyridine rings is 1. The third-order valence-corrected chi connectivity index (χ3v) is 2.57. The van der Waals surface area contributed by atoms with Gasteiger partial charge in [0.2, 0.25) is 5.91 Å². The average Bonchev–Trinajstić information content (AvgIpc) is 2.37. The highest BCUT2D eigenvalue weighted by molar-refractivity contribution is 5.82. The van der Waals surface area contributed by atoms with E-state index in [9.17, 15) is 9.59 Å². The fourth-order valence-electron chi connectivity index (χ4n) is 1.71. The van der Waals surface area contributed by atoms with E-state index >= 15 is 0 Å². The summed E-state index contributed by atoms with van der Waals surface area (Å²) in [6.07, 6.45) is 5.07. The van der Waals surface area contributed by atoms with Gasteiger partial charge in [0.1, 0.15) is 0 Å². The van der Waals surface area contributed by atoms with Crippen molar-refractivity contribution < 1.29 is 4.79 Å². The number of hydrogen-bond acceptors (Lipinski definition) is 2. The van der Waals surface area contributed by atoms with Crippen LogP contribution in [-0.2, 0) is 11.2 Å². The Kier molecular flexibility index (Phi) is 3.44. The first-order valence-corrected chi connectivity index (χ1v) is 5.52. The van der Waals surface area contributed by atoms with E-state index in [2.05, 4.69) is 16.2 Å². The number of nitrogens with one attached hydrogen (secondary N) is 2. The predicted octanol–water partition coefficient (Wildman–Crippen LogP) is 0.820. The number of benzene rings is 1. The number of terminal acetylenes is 1. The summed E-state index contributed by atoms with van der Waals surface area (Å²) in [6, 6.07) is 9.15. The summed E-state index contributed by atoms with van der Waals surface area (Å²) in [7, 11) is 0. The Morgan fingerprint density at radius 3 is 2.94 bits per heavy atom. The zero-order chi connectivity index (χ0) is 13.0. The number of aromatic amines is 1. The Morgan fingerprint density at radius 1 is 1.39 bits per heavy atom. The second-order valence-electron chi connectivity index (χ2n) is 3.87. The summed E-state index contributed by atoms with van der Waals surface area (Å²) < 4.78 is 0. The first-order chi connectivity index (χ1) is 8.70. The Bertz CT molecular complexity index is 680. The molecular weight excluding hydrogens is 228 g/mol. The van der Waals surface area contributed by atoms with Gasteiger partial charge in [0.05, 0.1) is 13.0 Å². The molecule has 2 N–H and O–H groups in total. The minimum atomic E-state index is -0.256. The van der Waals surface area contributed by atoms with E-state index in [4.69, 9.17) is 6.42 Å². The minimum Gasteiger partial charge on any atom is -0.345 e. The first-order valence-electron chi connectivity index (χ1n) is 5.52. The molecule has 0 bridgehead atoms. The molecule has 2 rings (SSSR count). The van der Waals surface area contributed by atoms with Gasteiger partial charge in [-0.25, -0.2) is 0 Å². The Balaban J connectivity index is 2.29. The lowest BCUT2D eigenvalue weighted by Gasteiger charge is -2.03. The minimum absolute atomic E-state index is 0.0296. The van der Waals surface area contributed by atoms with Crippen LogP contribution in [0.1, 0.15) is 5.56 Å². The van der Waals surface area contributed by atoms with E-state index in [1.165, 1.54) is 0 Å². The molecule has 0 atom stereocenters. The maximum absolute atomic E-state index is 11.8. The SMILES string of the molecule is C#CCNC(=O)Cc1cc2ccccc2[nH]c1=O. The molecule has 1 amide bonds. The van der Waals surface area contributed by atoms with Gasteiger partial charge in [-0.2, -0.15) is 0 Å². The van der Waals surface area contributed by atoms with Crippen LogP contribution in [0.3, 0.4) is 0 Å². The maximum Gasteiger partial charge on any atom is 0.252 e. The largest absolute Gasteiger partial charge is 0.345 e. The highest BCUT2D eigenvalue weighted by Crippen LogP contribution is 2.10. The Morgan fingerprint density at radius 2 is 2.17 bits per heavy atom. The van der Waals surface area contributed by atoms with Gasteiger partial charge >= 0.3 is 0 Å². The van der Waals surface area contributed by atoms with Crippen LogP contribution in [0.5, 0.6) is 0 Å². The van der Waals surface area contributed by atoms with E-state index in [1.807, 2.05) is 24.3 Å². The molecule has 1 aromatic heterocycles. The zero-order valence-corrected chi connectivity index (χ0v) is 9.69.